The summed E-state index contributed by atoms with van der Waals surface area (Å²) in [6.07, 6.45) is 90.2. The monoisotopic (exact) mass is 1060 g/mol. The van der Waals surface area contributed by atoms with Crippen LogP contribution in [0.1, 0.15) is 278 Å². The number of allylic oxidation sites excluding steroid dienone is 22. The Labute approximate surface area is 475 Å². The van der Waals surface area contributed by atoms with Gasteiger partial charge in [0.1, 0.15) is 13.2 Å². The molecule has 0 aromatic carbocycles. The van der Waals surface area contributed by atoms with Gasteiger partial charge in [0, 0.05) is 19.3 Å². The van der Waals surface area contributed by atoms with Crippen LogP contribution in [-0.2, 0) is 28.6 Å². The molecule has 0 aliphatic rings. The zero-order valence-corrected chi connectivity index (χ0v) is 49.9. The van der Waals surface area contributed by atoms with Crippen LogP contribution in [0.15, 0.2) is 134 Å². The van der Waals surface area contributed by atoms with E-state index in [9.17, 15) is 14.4 Å². The smallest absolute Gasteiger partial charge is 0.306 e. The van der Waals surface area contributed by atoms with E-state index in [1.54, 1.807) is 0 Å². The van der Waals surface area contributed by atoms with Crippen molar-refractivity contribution in [1.82, 2.24) is 0 Å². The summed E-state index contributed by atoms with van der Waals surface area (Å²) in [4.78, 5) is 38.3. The standard InChI is InChI=1S/C71H116O6/c1-4-7-10-13-16-19-22-25-28-30-32-33-34-35-36-37-39-40-43-46-49-52-55-58-61-64-70(73)76-67-68(66-75-69(72)63-60-57-54-51-48-45-42-27-24-21-18-15-12-9-6-3)77-71(74)65-62-59-56-53-50-47-44-41-38-31-29-26-23-20-17-14-11-8-5-2/h7,9-10,12,16,18-19,21,25-29,32-33,35-36,39-40,42,48,51,68H,4-6,8,11,13-15,17,20,22-24,30-31,34,37-38,41,43-47,49-50,52-67H2,1-3H3/b10-7-,12-9-,19-16-,21-18-,28-25-,29-26-,33-32-,36-35-,40-39-,42-27-,51-48-. The molecule has 0 bridgehead atoms. The van der Waals surface area contributed by atoms with E-state index in [4.69, 9.17) is 14.2 Å². The van der Waals surface area contributed by atoms with Crippen LogP contribution in [0.5, 0.6) is 0 Å². The fraction of sp³-hybridized carbons (Fsp3) is 0.648. The van der Waals surface area contributed by atoms with Crippen molar-refractivity contribution in [2.45, 2.75) is 284 Å². The zero-order valence-electron chi connectivity index (χ0n) is 49.9. The zero-order chi connectivity index (χ0) is 55.7. The Bertz CT molecular complexity index is 1650. The Morgan fingerprint density at radius 2 is 0.506 bits per heavy atom. The minimum atomic E-state index is -0.809. The molecule has 0 saturated carbocycles. The number of rotatable bonds is 56. The lowest BCUT2D eigenvalue weighted by Gasteiger charge is -2.18. The summed E-state index contributed by atoms with van der Waals surface area (Å²) in [6.45, 7) is 6.37. The Morgan fingerprint density at radius 3 is 0.831 bits per heavy atom. The first-order chi connectivity index (χ1) is 38.0. The average molecular weight is 1070 g/mol. The van der Waals surface area contributed by atoms with Gasteiger partial charge in [-0.05, 0) is 135 Å². The van der Waals surface area contributed by atoms with Gasteiger partial charge in [0.05, 0.1) is 0 Å². The van der Waals surface area contributed by atoms with Gasteiger partial charge in [0.2, 0.25) is 0 Å². The number of hydrogen-bond acceptors (Lipinski definition) is 6. The van der Waals surface area contributed by atoms with Crippen LogP contribution in [-0.4, -0.2) is 37.2 Å². The van der Waals surface area contributed by atoms with E-state index in [1.165, 1.54) is 103 Å². The molecular formula is C71H116O6. The normalized spacial score (nSPS) is 13.0. The highest BCUT2D eigenvalue weighted by Crippen LogP contribution is 2.15. The lowest BCUT2D eigenvalue weighted by molar-refractivity contribution is -0.167. The molecule has 6 nitrogen and oxygen atoms in total. The molecule has 436 valence electrons. The van der Waals surface area contributed by atoms with Gasteiger partial charge in [0.15, 0.2) is 6.10 Å². The minimum absolute atomic E-state index is 0.103. The summed E-state index contributed by atoms with van der Waals surface area (Å²) in [5, 5.41) is 0. The second kappa shape index (κ2) is 64.1. The molecule has 0 N–H and O–H groups in total. The van der Waals surface area contributed by atoms with Crippen LogP contribution in [0.4, 0.5) is 0 Å². The Morgan fingerprint density at radius 1 is 0.273 bits per heavy atom. The molecule has 1 atom stereocenters. The number of carbonyl (C=O) groups is 3. The van der Waals surface area contributed by atoms with Crippen LogP contribution >= 0.6 is 0 Å². The van der Waals surface area contributed by atoms with Gasteiger partial charge in [0.25, 0.3) is 0 Å². The van der Waals surface area contributed by atoms with Crippen LogP contribution in [0.3, 0.4) is 0 Å². The van der Waals surface area contributed by atoms with Crippen LogP contribution in [0.2, 0.25) is 0 Å². The number of carbonyl (C=O) groups excluding carboxylic acids is 3. The Hall–Kier alpha value is -4.45. The molecule has 0 amide bonds. The summed E-state index contributed by atoms with van der Waals surface area (Å²) in [6, 6.07) is 0. The molecule has 0 aliphatic carbocycles. The molecule has 0 radical (unpaired) electrons. The third-order valence-corrected chi connectivity index (χ3v) is 13.1. The topological polar surface area (TPSA) is 78.9 Å². The van der Waals surface area contributed by atoms with Crippen molar-refractivity contribution in [3.05, 3.63) is 134 Å². The highest BCUT2D eigenvalue weighted by molar-refractivity contribution is 5.71. The maximum Gasteiger partial charge on any atom is 0.306 e. The first-order valence-electron chi connectivity index (χ1n) is 31.7. The molecule has 0 fully saturated rings. The maximum absolute atomic E-state index is 12.9. The van der Waals surface area contributed by atoms with Crippen molar-refractivity contribution in [3.63, 3.8) is 0 Å². The van der Waals surface area contributed by atoms with Crippen molar-refractivity contribution >= 4 is 17.9 Å². The fourth-order valence-electron chi connectivity index (χ4n) is 8.43. The molecular weight excluding hydrogens is 949 g/mol. The number of esters is 3. The summed E-state index contributed by atoms with van der Waals surface area (Å²) in [5.41, 5.74) is 0. The maximum atomic E-state index is 12.9. The predicted octanol–water partition coefficient (Wildman–Crippen LogP) is 21.8. The van der Waals surface area contributed by atoms with Crippen molar-refractivity contribution in [1.29, 1.82) is 0 Å². The van der Waals surface area contributed by atoms with Crippen LogP contribution in [0.25, 0.3) is 0 Å². The van der Waals surface area contributed by atoms with Crippen molar-refractivity contribution in [2.24, 2.45) is 0 Å². The van der Waals surface area contributed by atoms with Crippen LogP contribution < -0.4 is 0 Å². The third kappa shape index (κ3) is 62.3. The van der Waals surface area contributed by atoms with E-state index >= 15 is 0 Å². The second-order valence-corrected chi connectivity index (χ2v) is 20.5. The molecule has 77 heavy (non-hydrogen) atoms. The van der Waals surface area contributed by atoms with E-state index in [1.807, 2.05) is 0 Å². The van der Waals surface area contributed by atoms with E-state index < -0.39 is 6.10 Å². The van der Waals surface area contributed by atoms with Gasteiger partial charge >= 0.3 is 17.9 Å². The Kier molecular flexibility index (Phi) is 60.4. The van der Waals surface area contributed by atoms with Crippen LogP contribution in [0, 0.1) is 0 Å². The summed E-state index contributed by atoms with van der Waals surface area (Å²) >= 11 is 0. The van der Waals surface area contributed by atoms with Gasteiger partial charge < -0.3 is 14.2 Å². The predicted molar refractivity (Wildman–Crippen MR) is 334 cm³/mol. The molecule has 0 rings (SSSR count). The van der Waals surface area contributed by atoms with E-state index in [-0.39, 0.29) is 31.1 Å². The molecule has 6 heteroatoms. The second-order valence-electron chi connectivity index (χ2n) is 20.5. The van der Waals surface area contributed by atoms with E-state index in [0.717, 1.165) is 135 Å². The quantitative estimate of drug-likeness (QED) is 0.0261. The molecule has 0 aromatic rings. The minimum Gasteiger partial charge on any atom is -0.462 e. The summed E-state index contributed by atoms with van der Waals surface area (Å²) in [5.74, 6) is -0.959. The number of unbranched alkanes of at least 4 members (excludes halogenated alkanes) is 23. The number of ether oxygens (including phenoxy) is 3. The lowest BCUT2D eigenvalue weighted by Crippen LogP contribution is -2.30. The molecule has 1 unspecified atom stereocenters. The van der Waals surface area contributed by atoms with E-state index in [0.29, 0.717) is 19.3 Å². The van der Waals surface area contributed by atoms with Gasteiger partial charge in [-0.25, -0.2) is 0 Å². The summed E-state index contributed by atoms with van der Waals surface area (Å²) in [7, 11) is 0. The molecule has 0 spiro atoms. The van der Waals surface area contributed by atoms with Gasteiger partial charge in [-0.3, -0.25) is 14.4 Å². The number of hydrogen-bond donors (Lipinski definition) is 0. The highest BCUT2D eigenvalue weighted by Gasteiger charge is 2.19. The van der Waals surface area contributed by atoms with Crippen molar-refractivity contribution in [2.75, 3.05) is 13.2 Å². The first-order valence-corrected chi connectivity index (χ1v) is 31.7. The average Bonchev–Trinajstić information content (AvgIpc) is 3.43. The van der Waals surface area contributed by atoms with E-state index in [2.05, 4.69) is 154 Å². The fourth-order valence-corrected chi connectivity index (χ4v) is 8.43. The Balaban J connectivity index is 4.45. The SMILES string of the molecule is CC/C=C\C/C=C\C/C=C\C/C=C\C/C=C\C/C=C\CCCCCCCCC(=O)OCC(COC(=O)CCCC/C=C\C/C=C\C/C=C\C/C=C\CC)OC(=O)CCCCCCCCCCC/C=C\CCCCCCCC. The summed E-state index contributed by atoms with van der Waals surface area (Å²) < 4.78 is 16.9. The van der Waals surface area contributed by atoms with Gasteiger partial charge in [-0.1, -0.05) is 257 Å². The lowest BCUT2D eigenvalue weighted by atomic mass is 10.1. The molecule has 0 aromatic heterocycles. The third-order valence-electron chi connectivity index (χ3n) is 13.1. The molecule has 0 saturated heterocycles. The van der Waals surface area contributed by atoms with Crippen molar-refractivity contribution in [3.8, 4) is 0 Å². The van der Waals surface area contributed by atoms with Crippen molar-refractivity contribution < 1.29 is 28.6 Å². The van der Waals surface area contributed by atoms with Gasteiger partial charge in [-0.2, -0.15) is 0 Å². The van der Waals surface area contributed by atoms with Gasteiger partial charge in [-0.15, -0.1) is 0 Å². The largest absolute Gasteiger partial charge is 0.462 e. The highest BCUT2D eigenvalue weighted by atomic mass is 16.6. The molecule has 0 aliphatic heterocycles. The molecule has 0 heterocycles. The first kappa shape index (κ1) is 72.5.